The first-order valence-electron chi connectivity index (χ1n) is 13.2. The average Bonchev–Trinajstić information content (AvgIpc) is 3.46. The maximum Gasteiger partial charge on any atom is 0.408 e. The van der Waals surface area contributed by atoms with Gasteiger partial charge in [-0.1, -0.05) is 43.3 Å². The molecule has 0 spiro atoms. The van der Waals surface area contributed by atoms with Crippen LogP contribution in [0.5, 0.6) is 0 Å². The van der Waals surface area contributed by atoms with Gasteiger partial charge in [-0.2, -0.15) is 0 Å². The summed E-state index contributed by atoms with van der Waals surface area (Å²) >= 11 is 1.92. The number of ketones is 2. The summed E-state index contributed by atoms with van der Waals surface area (Å²) in [5, 5.41) is 2.85. The van der Waals surface area contributed by atoms with Gasteiger partial charge >= 0.3 is 12.1 Å². The van der Waals surface area contributed by atoms with Gasteiger partial charge in [-0.25, -0.2) is 4.79 Å². The highest BCUT2D eigenvalue weighted by molar-refractivity contribution is 14.1. The summed E-state index contributed by atoms with van der Waals surface area (Å²) in [6.07, 6.45) is 3.74. The lowest BCUT2D eigenvalue weighted by atomic mass is 9.75. The first-order valence-corrected chi connectivity index (χ1v) is 14.5. The standard InChI is InChI=1S/C29H36INO7/c1-5-29-14-17(2)22(32)18(3)25(34)37-26(30)28(4)24(31-27(35)38-28)21(23(33)20(15-29)16-36-29)13-9-12-19-10-7-6-8-11-19/h5-8,10-11,17-18,20-21,24,26H,1,9,12-16H2,2-4H3,(H,31,35)/t17-,18-,20+,21+,24-,26+,28+,29+/m1/s1. The fourth-order valence-electron chi connectivity index (χ4n) is 6.03. The summed E-state index contributed by atoms with van der Waals surface area (Å²) < 4.78 is 16.7. The Labute approximate surface area is 237 Å². The molecule has 3 fully saturated rings. The van der Waals surface area contributed by atoms with Gasteiger partial charge < -0.3 is 19.5 Å². The number of benzene rings is 1. The van der Waals surface area contributed by atoms with Gasteiger partial charge in [-0.15, -0.1) is 6.58 Å². The van der Waals surface area contributed by atoms with Crippen LogP contribution in [0.1, 0.15) is 52.0 Å². The van der Waals surface area contributed by atoms with E-state index in [1.54, 1.807) is 19.9 Å². The molecule has 3 heterocycles. The van der Waals surface area contributed by atoms with E-state index in [4.69, 9.17) is 14.2 Å². The van der Waals surface area contributed by atoms with Crippen LogP contribution in [-0.4, -0.2) is 51.6 Å². The maximum atomic E-state index is 14.1. The summed E-state index contributed by atoms with van der Waals surface area (Å²) in [4.78, 5) is 52.8. The topological polar surface area (TPSA) is 108 Å². The predicted molar refractivity (Wildman–Crippen MR) is 149 cm³/mol. The molecular formula is C29H36INO7. The average molecular weight is 638 g/mol. The Morgan fingerprint density at radius 2 is 1.82 bits per heavy atom. The van der Waals surface area contributed by atoms with Crippen molar-refractivity contribution in [1.82, 2.24) is 5.32 Å². The molecule has 9 heteroatoms. The number of hydrogen-bond donors (Lipinski definition) is 1. The number of nitrogens with one attached hydrogen (secondary N) is 1. The Hall–Kier alpha value is -2.27. The van der Waals surface area contributed by atoms with Crippen LogP contribution in [-0.2, 0) is 35.0 Å². The van der Waals surface area contributed by atoms with Gasteiger partial charge in [0.25, 0.3) is 0 Å². The third-order valence-electron chi connectivity index (χ3n) is 8.32. The van der Waals surface area contributed by atoms with Crippen molar-refractivity contribution in [2.24, 2.45) is 23.7 Å². The van der Waals surface area contributed by atoms with Gasteiger partial charge in [0.1, 0.15) is 17.5 Å². The van der Waals surface area contributed by atoms with E-state index in [1.165, 1.54) is 12.5 Å². The lowest BCUT2D eigenvalue weighted by Crippen LogP contribution is -2.56. The van der Waals surface area contributed by atoms with Crippen LogP contribution >= 0.6 is 22.6 Å². The number of amides is 1. The number of aryl methyl sites for hydroxylation is 1. The van der Waals surface area contributed by atoms with Crippen molar-refractivity contribution in [3.8, 4) is 0 Å². The Bertz CT molecular complexity index is 1090. The number of alkyl halides is 1. The zero-order valence-corrected chi connectivity index (χ0v) is 24.3. The molecule has 0 saturated carbocycles. The monoisotopic (exact) mass is 637 g/mol. The van der Waals surface area contributed by atoms with Gasteiger partial charge in [0.2, 0.25) is 0 Å². The van der Waals surface area contributed by atoms with Crippen LogP contribution in [0.3, 0.4) is 0 Å². The molecule has 206 valence electrons. The van der Waals surface area contributed by atoms with Crippen LogP contribution in [0, 0.1) is 23.7 Å². The molecule has 0 aromatic heterocycles. The van der Waals surface area contributed by atoms with Crippen molar-refractivity contribution in [1.29, 1.82) is 0 Å². The number of Topliss-reactive ketones (excluding diaryl/α,β-unsaturated/α-hetero) is 2. The fraction of sp³-hybridized carbons (Fsp3) is 0.586. The molecule has 2 bridgehead atoms. The number of alkyl carbamates (subject to hydrolysis) is 1. The van der Waals surface area contributed by atoms with Crippen LogP contribution in [0.15, 0.2) is 43.0 Å². The SMILES string of the molecule is C=C[C@]12C[C@@H](CO1)C(=O)[C@H](CCCc1ccccc1)[C@H]1NC(=O)O[C@]1(C)[C@@H](I)OC(=O)[C@H](C)C(=O)[C@H](C)C2. The zero-order chi connectivity index (χ0) is 27.7. The molecule has 1 N–H and O–H groups in total. The Morgan fingerprint density at radius 3 is 2.50 bits per heavy atom. The van der Waals surface area contributed by atoms with Gasteiger partial charge in [0.15, 0.2) is 9.71 Å². The number of halogens is 1. The van der Waals surface area contributed by atoms with Crippen molar-refractivity contribution >= 4 is 46.2 Å². The lowest BCUT2D eigenvalue weighted by molar-refractivity contribution is -0.160. The van der Waals surface area contributed by atoms with Gasteiger partial charge in [-0.05, 0) is 74.1 Å². The Kier molecular flexibility index (Phi) is 8.66. The van der Waals surface area contributed by atoms with Crippen molar-refractivity contribution in [3.05, 3.63) is 48.6 Å². The number of hydrogen-bond acceptors (Lipinski definition) is 7. The molecule has 8 nitrogen and oxygen atoms in total. The van der Waals surface area contributed by atoms with Gasteiger partial charge in [0.05, 0.1) is 18.2 Å². The molecule has 1 amide bonds. The minimum Gasteiger partial charge on any atom is -0.447 e. The van der Waals surface area contributed by atoms with E-state index in [0.717, 1.165) is 12.8 Å². The van der Waals surface area contributed by atoms with Crippen molar-refractivity contribution in [3.63, 3.8) is 0 Å². The summed E-state index contributed by atoms with van der Waals surface area (Å²) in [7, 11) is 0. The molecule has 3 saturated heterocycles. The lowest BCUT2D eigenvalue weighted by Gasteiger charge is -2.37. The minimum absolute atomic E-state index is 0.0249. The van der Waals surface area contributed by atoms with E-state index in [-0.39, 0.29) is 18.2 Å². The smallest absolute Gasteiger partial charge is 0.408 e. The summed E-state index contributed by atoms with van der Waals surface area (Å²) in [5.74, 6) is -3.49. The number of esters is 1. The van der Waals surface area contributed by atoms with E-state index < -0.39 is 57.1 Å². The van der Waals surface area contributed by atoms with Crippen molar-refractivity contribution < 1.29 is 33.4 Å². The number of rotatable bonds is 5. The summed E-state index contributed by atoms with van der Waals surface area (Å²) in [6.45, 7) is 9.12. The largest absolute Gasteiger partial charge is 0.447 e. The summed E-state index contributed by atoms with van der Waals surface area (Å²) in [5.41, 5.74) is -0.991. The van der Waals surface area contributed by atoms with Crippen LogP contribution in [0.4, 0.5) is 4.79 Å². The highest BCUT2D eigenvalue weighted by Crippen LogP contribution is 2.43. The third kappa shape index (κ3) is 5.68. The first kappa shape index (κ1) is 28.7. The molecule has 0 radical (unpaired) electrons. The van der Waals surface area contributed by atoms with E-state index in [0.29, 0.717) is 19.3 Å². The zero-order valence-electron chi connectivity index (χ0n) is 22.1. The fourth-order valence-corrected chi connectivity index (χ4v) is 6.80. The van der Waals surface area contributed by atoms with E-state index in [2.05, 4.69) is 11.9 Å². The normalized spacial score (nSPS) is 38.0. The minimum atomic E-state index is -1.31. The summed E-state index contributed by atoms with van der Waals surface area (Å²) in [6, 6.07) is 9.30. The second-order valence-electron chi connectivity index (χ2n) is 11.0. The van der Waals surface area contributed by atoms with Crippen LogP contribution in [0.2, 0.25) is 0 Å². The highest BCUT2D eigenvalue weighted by atomic mass is 127. The van der Waals surface area contributed by atoms with Crippen LogP contribution in [0.25, 0.3) is 0 Å². The molecule has 38 heavy (non-hydrogen) atoms. The van der Waals surface area contributed by atoms with Crippen molar-refractivity contribution in [2.45, 2.75) is 74.2 Å². The molecule has 1 aromatic rings. The van der Waals surface area contributed by atoms with E-state index in [1.807, 2.05) is 52.9 Å². The van der Waals surface area contributed by atoms with E-state index in [9.17, 15) is 19.2 Å². The molecule has 3 aliphatic heterocycles. The van der Waals surface area contributed by atoms with E-state index >= 15 is 0 Å². The first-order chi connectivity index (χ1) is 18.0. The highest BCUT2D eigenvalue weighted by Gasteiger charge is 2.58. The van der Waals surface area contributed by atoms with Crippen LogP contribution < -0.4 is 5.32 Å². The predicted octanol–water partition coefficient (Wildman–Crippen LogP) is 4.57. The van der Waals surface area contributed by atoms with Gasteiger partial charge in [-0.3, -0.25) is 14.4 Å². The number of ether oxygens (including phenoxy) is 3. The maximum absolute atomic E-state index is 14.1. The molecule has 0 unspecified atom stereocenters. The quantitative estimate of drug-likeness (QED) is 0.166. The second kappa shape index (κ2) is 11.5. The molecule has 8 atom stereocenters. The number of cyclic esters (lactones) is 1. The third-order valence-corrected chi connectivity index (χ3v) is 9.81. The molecule has 1 aromatic carbocycles. The molecule has 0 aliphatic carbocycles. The number of carbonyl (C=O) groups excluding carboxylic acids is 4. The number of carbonyl (C=O) groups is 4. The number of fused-ring (bicyclic) bond motifs is 3. The van der Waals surface area contributed by atoms with Crippen molar-refractivity contribution in [2.75, 3.05) is 6.61 Å². The molecule has 4 rings (SSSR count). The Balaban J connectivity index is 1.69. The van der Waals surface area contributed by atoms with Gasteiger partial charge in [0, 0.05) is 17.8 Å². The Morgan fingerprint density at radius 1 is 1.11 bits per heavy atom. The molecular weight excluding hydrogens is 601 g/mol. The molecule has 3 aliphatic rings. The second-order valence-corrected chi connectivity index (χ2v) is 12.2.